The van der Waals surface area contributed by atoms with Crippen molar-refractivity contribution in [1.29, 1.82) is 0 Å². The molecule has 1 saturated carbocycles. The van der Waals surface area contributed by atoms with Crippen molar-refractivity contribution in [3.8, 4) is 0 Å². The molecule has 4 heteroatoms. The zero-order valence-corrected chi connectivity index (χ0v) is 11.0. The number of anilines is 1. The van der Waals surface area contributed by atoms with Gasteiger partial charge in [0.15, 0.2) is 0 Å². The SMILES string of the molecule is NC(=O)c1ccc(NC(=O)CC2CCCCC2)cc1. The summed E-state index contributed by atoms with van der Waals surface area (Å²) < 4.78 is 0. The second-order valence-electron chi connectivity index (χ2n) is 5.20. The van der Waals surface area contributed by atoms with Gasteiger partial charge in [-0.2, -0.15) is 0 Å². The standard InChI is InChI=1S/C15H20N2O2/c16-15(19)12-6-8-13(9-7-12)17-14(18)10-11-4-2-1-3-5-11/h6-9,11H,1-5,10H2,(H2,16,19)(H,17,18). The van der Waals surface area contributed by atoms with Crippen LogP contribution in [0.15, 0.2) is 24.3 Å². The molecule has 19 heavy (non-hydrogen) atoms. The average molecular weight is 260 g/mol. The summed E-state index contributed by atoms with van der Waals surface area (Å²) in [4.78, 5) is 22.8. The molecule has 0 heterocycles. The highest BCUT2D eigenvalue weighted by atomic mass is 16.2. The molecule has 0 unspecified atom stereocenters. The first-order chi connectivity index (χ1) is 9.15. The Morgan fingerprint density at radius 1 is 1.11 bits per heavy atom. The summed E-state index contributed by atoms with van der Waals surface area (Å²) in [6.07, 6.45) is 6.70. The Hall–Kier alpha value is -1.84. The lowest BCUT2D eigenvalue weighted by Crippen LogP contribution is -2.18. The normalized spacial score (nSPS) is 16.0. The molecule has 2 rings (SSSR count). The van der Waals surface area contributed by atoms with Gasteiger partial charge >= 0.3 is 0 Å². The van der Waals surface area contributed by atoms with E-state index in [1.54, 1.807) is 24.3 Å². The molecule has 1 aromatic carbocycles. The van der Waals surface area contributed by atoms with E-state index in [0.717, 1.165) is 12.8 Å². The zero-order valence-electron chi connectivity index (χ0n) is 11.0. The lowest BCUT2D eigenvalue weighted by molar-refractivity contribution is -0.117. The maximum Gasteiger partial charge on any atom is 0.248 e. The Kier molecular flexibility index (Phi) is 4.55. The molecule has 1 aliphatic carbocycles. The molecule has 0 aliphatic heterocycles. The monoisotopic (exact) mass is 260 g/mol. The van der Waals surface area contributed by atoms with E-state index < -0.39 is 5.91 Å². The van der Waals surface area contributed by atoms with E-state index >= 15 is 0 Å². The van der Waals surface area contributed by atoms with Crippen LogP contribution in [0.3, 0.4) is 0 Å². The molecular formula is C15H20N2O2. The fourth-order valence-electron chi connectivity index (χ4n) is 2.58. The van der Waals surface area contributed by atoms with E-state index in [9.17, 15) is 9.59 Å². The number of amides is 2. The van der Waals surface area contributed by atoms with Gasteiger partial charge in [0.05, 0.1) is 0 Å². The third-order valence-corrected chi connectivity index (χ3v) is 3.65. The lowest BCUT2D eigenvalue weighted by atomic mass is 9.87. The first-order valence-corrected chi connectivity index (χ1v) is 6.85. The maximum atomic E-state index is 11.9. The van der Waals surface area contributed by atoms with Crippen LogP contribution in [0.4, 0.5) is 5.69 Å². The van der Waals surface area contributed by atoms with Gasteiger partial charge in [-0.25, -0.2) is 0 Å². The van der Waals surface area contributed by atoms with Crippen LogP contribution in [0.5, 0.6) is 0 Å². The molecule has 0 saturated heterocycles. The lowest BCUT2D eigenvalue weighted by Gasteiger charge is -2.20. The van der Waals surface area contributed by atoms with Crippen LogP contribution in [-0.2, 0) is 4.79 Å². The van der Waals surface area contributed by atoms with Gasteiger partial charge in [0.25, 0.3) is 0 Å². The van der Waals surface area contributed by atoms with Crippen LogP contribution in [-0.4, -0.2) is 11.8 Å². The minimum absolute atomic E-state index is 0.0544. The van der Waals surface area contributed by atoms with Crippen LogP contribution >= 0.6 is 0 Å². The summed E-state index contributed by atoms with van der Waals surface area (Å²) in [5.41, 5.74) is 6.33. The van der Waals surface area contributed by atoms with Crippen molar-refractivity contribution in [3.05, 3.63) is 29.8 Å². The van der Waals surface area contributed by atoms with Gasteiger partial charge in [-0.15, -0.1) is 0 Å². The number of primary amides is 1. The summed E-state index contributed by atoms with van der Waals surface area (Å²) in [7, 11) is 0. The van der Waals surface area contributed by atoms with Crippen molar-refractivity contribution in [3.63, 3.8) is 0 Å². The number of carbonyl (C=O) groups excluding carboxylic acids is 2. The van der Waals surface area contributed by atoms with Crippen molar-refractivity contribution < 1.29 is 9.59 Å². The predicted octanol–water partition coefficient (Wildman–Crippen LogP) is 2.69. The van der Waals surface area contributed by atoms with E-state index in [0.29, 0.717) is 23.6 Å². The third-order valence-electron chi connectivity index (χ3n) is 3.65. The van der Waals surface area contributed by atoms with Crippen LogP contribution in [0.2, 0.25) is 0 Å². The molecule has 0 bridgehead atoms. The molecule has 1 aromatic rings. The number of carbonyl (C=O) groups is 2. The topological polar surface area (TPSA) is 72.2 Å². The fourth-order valence-corrected chi connectivity index (χ4v) is 2.58. The number of nitrogens with one attached hydrogen (secondary N) is 1. The Morgan fingerprint density at radius 2 is 1.74 bits per heavy atom. The van der Waals surface area contributed by atoms with Gasteiger partial charge in [-0.05, 0) is 43.0 Å². The Bertz CT molecular complexity index is 448. The molecule has 0 atom stereocenters. The second kappa shape index (κ2) is 6.36. The Labute approximate surface area is 113 Å². The van der Waals surface area contributed by atoms with Gasteiger partial charge in [0.2, 0.25) is 11.8 Å². The molecule has 0 radical (unpaired) electrons. The highest BCUT2D eigenvalue weighted by Gasteiger charge is 2.17. The molecule has 1 aliphatic rings. The second-order valence-corrected chi connectivity index (χ2v) is 5.20. The van der Waals surface area contributed by atoms with Crippen molar-refractivity contribution in [1.82, 2.24) is 0 Å². The number of nitrogens with two attached hydrogens (primary N) is 1. The summed E-state index contributed by atoms with van der Waals surface area (Å²) in [5, 5.41) is 2.86. The third kappa shape index (κ3) is 4.09. The van der Waals surface area contributed by atoms with Crippen molar-refractivity contribution >= 4 is 17.5 Å². The largest absolute Gasteiger partial charge is 0.366 e. The van der Waals surface area contributed by atoms with Gasteiger partial charge in [-0.1, -0.05) is 19.3 Å². The van der Waals surface area contributed by atoms with Crippen molar-refractivity contribution in [2.24, 2.45) is 11.7 Å². The van der Waals surface area contributed by atoms with Gasteiger partial charge < -0.3 is 11.1 Å². The minimum Gasteiger partial charge on any atom is -0.366 e. The average Bonchev–Trinajstić information content (AvgIpc) is 2.40. The molecule has 0 spiro atoms. The fraction of sp³-hybridized carbons (Fsp3) is 0.467. The van der Waals surface area contributed by atoms with Gasteiger partial charge in [0.1, 0.15) is 0 Å². The Balaban J connectivity index is 1.85. The molecule has 0 aromatic heterocycles. The van der Waals surface area contributed by atoms with Crippen molar-refractivity contribution in [2.45, 2.75) is 38.5 Å². The quantitative estimate of drug-likeness (QED) is 0.873. The predicted molar refractivity (Wildman–Crippen MR) is 74.8 cm³/mol. The number of benzene rings is 1. The number of hydrogen-bond donors (Lipinski definition) is 2. The highest BCUT2D eigenvalue weighted by Crippen LogP contribution is 2.26. The van der Waals surface area contributed by atoms with E-state index in [1.165, 1.54) is 19.3 Å². The zero-order chi connectivity index (χ0) is 13.7. The molecule has 2 amide bonds. The number of hydrogen-bond acceptors (Lipinski definition) is 2. The van der Waals surface area contributed by atoms with Crippen LogP contribution in [0, 0.1) is 5.92 Å². The molecule has 102 valence electrons. The van der Waals surface area contributed by atoms with E-state index in [2.05, 4.69) is 5.32 Å². The smallest absolute Gasteiger partial charge is 0.248 e. The van der Waals surface area contributed by atoms with Gasteiger partial charge in [-0.3, -0.25) is 9.59 Å². The van der Waals surface area contributed by atoms with E-state index in [4.69, 9.17) is 5.73 Å². The summed E-state index contributed by atoms with van der Waals surface area (Å²) in [6, 6.07) is 6.66. The highest BCUT2D eigenvalue weighted by molar-refractivity contribution is 5.94. The molecule has 4 nitrogen and oxygen atoms in total. The van der Waals surface area contributed by atoms with Gasteiger partial charge in [0, 0.05) is 17.7 Å². The minimum atomic E-state index is -0.458. The van der Waals surface area contributed by atoms with E-state index in [-0.39, 0.29) is 5.91 Å². The number of rotatable bonds is 4. The summed E-state index contributed by atoms with van der Waals surface area (Å²) >= 11 is 0. The first-order valence-electron chi connectivity index (χ1n) is 6.85. The van der Waals surface area contributed by atoms with Crippen LogP contribution < -0.4 is 11.1 Å². The summed E-state index contributed by atoms with van der Waals surface area (Å²) in [6.45, 7) is 0. The molecule has 3 N–H and O–H groups in total. The van der Waals surface area contributed by atoms with Crippen LogP contribution in [0.1, 0.15) is 48.9 Å². The molecule has 1 fully saturated rings. The first kappa shape index (κ1) is 13.6. The molecular weight excluding hydrogens is 240 g/mol. The summed E-state index contributed by atoms with van der Waals surface area (Å²) in [5.74, 6) is 0.123. The Morgan fingerprint density at radius 3 is 2.32 bits per heavy atom. The van der Waals surface area contributed by atoms with Crippen molar-refractivity contribution in [2.75, 3.05) is 5.32 Å². The van der Waals surface area contributed by atoms with Crippen LogP contribution in [0.25, 0.3) is 0 Å². The maximum absolute atomic E-state index is 11.9. The van der Waals surface area contributed by atoms with E-state index in [1.807, 2.05) is 0 Å².